The number of hydrogen-bond donors (Lipinski definition) is 1. The molecule has 2 atom stereocenters. The van der Waals surface area contributed by atoms with Gasteiger partial charge in [-0.1, -0.05) is 78.3 Å². The Bertz CT molecular complexity index is 1390. The van der Waals surface area contributed by atoms with Gasteiger partial charge in [-0.3, -0.25) is 0 Å². The number of aryl methyl sites for hydroxylation is 1. The zero-order valence-electron chi connectivity index (χ0n) is 22.8. The van der Waals surface area contributed by atoms with Gasteiger partial charge >= 0.3 is 0 Å². The third kappa shape index (κ3) is 6.83. The van der Waals surface area contributed by atoms with Crippen LogP contribution in [0.1, 0.15) is 47.8 Å². The Kier molecular flexibility index (Phi) is 8.56. The van der Waals surface area contributed by atoms with Crippen molar-refractivity contribution >= 4 is 17.3 Å². The number of anilines is 1. The van der Waals surface area contributed by atoms with Crippen molar-refractivity contribution in [1.29, 1.82) is 0 Å². The third-order valence-electron chi connectivity index (χ3n) is 7.24. The fraction of sp³-hybridized carbons (Fsp3) is 0.294. The number of halogens is 1. The lowest BCUT2D eigenvalue weighted by Crippen LogP contribution is -2.51. The molecule has 1 heterocycles. The van der Waals surface area contributed by atoms with E-state index in [0.29, 0.717) is 18.2 Å². The minimum atomic E-state index is -0.598. The molecule has 1 N–H and O–H groups in total. The number of fused-ring (bicyclic) bond motifs is 1. The first-order valence-electron chi connectivity index (χ1n) is 13.5. The van der Waals surface area contributed by atoms with E-state index < -0.39 is 5.60 Å². The van der Waals surface area contributed by atoms with Gasteiger partial charge in [-0.05, 0) is 79.8 Å². The lowest BCUT2D eigenvalue weighted by atomic mass is 9.87. The van der Waals surface area contributed by atoms with Crippen LogP contribution in [0.3, 0.4) is 0 Å². The molecule has 0 aliphatic carbocycles. The smallest absolute Gasteiger partial charge is 0.132 e. The van der Waals surface area contributed by atoms with Gasteiger partial charge in [0.2, 0.25) is 0 Å². The maximum absolute atomic E-state index is 6.65. The lowest BCUT2D eigenvalue weighted by Gasteiger charge is -2.44. The van der Waals surface area contributed by atoms with Crippen LogP contribution >= 0.6 is 11.6 Å². The first-order chi connectivity index (χ1) is 18.9. The highest BCUT2D eigenvalue weighted by atomic mass is 35.5. The predicted octanol–water partition coefficient (Wildman–Crippen LogP) is 8.32. The molecule has 0 amide bonds. The van der Waals surface area contributed by atoms with Crippen molar-refractivity contribution in [1.82, 2.24) is 0 Å². The zero-order valence-corrected chi connectivity index (χ0v) is 23.6. The summed E-state index contributed by atoms with van der Waals surface area (Å²) in [6.07, 6.45) is 0.193. The summed E-state index contributed by atoms with van der Waals surface area (Å²) in [4.78, 5) is 0. The molecule has 4 nitrogen and oxygen atoms in total. The lowest BCUT2D eigenvalue weighted by molar-refractivity contribution is -0.167. The summed E-state index contributed by atoms with van der Waals surface area (Å²) in [5.41, 5.74) is 6.21. The van der Waals surface area contributed by atoms with Crippen LogP contribution in [0.5, 0.6) is 5.75 Å². The standard InChI is InChI=1S/C34H36ClNO3/c1-24-10-7-8-14-27(24)22-36-29-16-17-31-30(21-29)32(37-19-18-25-11-5-4-6-12-25)33(34(2,3)39-31)38-23-26-13-9-15-28(35)20-26/h4-17,20-21,32-33,36H,18-19,22-23H2,1-3H3. The van der Waals surface area contributed by atoms with Crippen molar-refractivity contribution in [3.63, 3.8) is 0 Å². The van der Waals surface area contributed by atoms with Crippen molar-refractivity contribution in [3.8, 4) is 5.75 Å². The molecular formula is C34H36ClNO3. The van der Waals surface area contributed by atoms with Crippen LogP contribution in [-0.4, -0.2) is 18.3 Å². The van der Waals surface area contributed by atoms with Gasteiger partial charge in [-0.2, -0.15) is 0 Å². The Hall–Kier alpha value is -3.31. The minimum Gasteiger partial charge on any atom is -0.485 e. The monoisotopic (exact) mass is 541 g/mol. The van der Waals surface area contributed by atoms with Gasteiger partial charge in [0.25, 0.3) is 0 Å². The van der Waals surface area contributed by atoms with Crippen molar-refractivity contribution in [2.75, 3.05) is 11.9 Å². The molecule has 0 aromatic heterocycles. The van der Waals surface area contributed by atoms with Crippen molar-refractivity contribution in [3.05, 3.63) is 130 Å². The molecule has 2 unspecified atom stereocenters. The Morgan fingerprint density at radius 2 is 1.62 bits per heavy atom. The summed E-state index contributed by atoms with van der Waals surface area (Å²) in [7, 11) is 0. The summed E-state index contributed by atoms with van der Waals surface area (Å²) in [6, 6.07) is 32.9. The highest BCUT2D eigenvalue weighted by molar-refractivity contribution is 6.30. The van der Waals surface area contributed by atoms with E-state index in [2.05, 4.69) is 86.8 Å². The van der Waals surface area contributed by atoms with Crippen LogP contribution in [0.2, 0.25) is 5.02 Å². The summed E-state index contributed by atoms with van der Waals surface area (Å²) in [6.45, 7) is 8.00. The summed E-state index contributed by atoms with van der Waals surface area (Å²) >= 11 is 6.23. The fourth-order valence-electron chi connectivity index (χ4n) is 5.07. The molecule has 39 heavy (non-hydrogen) atoms. The van der Waals surface area contributed by atoms with Gasteiger partial charge < -0.3 is 19.5 Å². The molecule has 0 fully saturated rings. The normalized spacial score (nSPS) is 17.7. The number of hydrogen-bond acceptors (Lipinski definition) is 4. The van der Waals surface area contributed by atoms with E-state index >= 15 is 0 Å². The molecule has 5 heteroatoms. The van der Waals surface area contributed by atoms with Crippen LogP contribution < -0.4 is 10.1 Å². The molecular weight excluding hydrogens is 506 g/mol. The second-order valence-electron chi connectivity index (χ2n) is 10.6. The maximum Gasteiger partial charge on any atom is 0.132 e. The van der Waals surface area contributed by atoms with Crippen LogP contribution in [0, 0.1) is 6.92 Å². The highest BCUT2D eigenvalue weighted by Gasteiger charge is 2.45. The number of nitrogens with one attached hydrogen (secondary N) is 1. The van der Waals surface area contributed by atoms with Crippen LogP contribution in [-0.2, 0) is 29.0 Å². The number of benzene rings is 4. The van der Waals surface area contributed by atoms with Gasteiger partial charge in [0.1, 0.15) is 23.6 Å². The second-order valence-corrected chi connectivity index (χ2v) is 11.1. The maximum atomic E-state index is 6.65. The average molecular weight is 542 g/mol. The van der Waals surface area contributed by atoms with Gasteiger partial charge in [0.05, 0.1) is 13.2 Å². The zero-order chi connectivity index (χ0) is 27.2. The van der Waals surface area contributed by atoms with E-state index in [4.69, 9.17) is 25.8 Å². The van der Waals surface area contributed by atoms with Crippen molar-refractivity contribution in [2.24, 2.45) is 0 Å². The third-order valence-corrected chi connectivity index (χ3v) is 7.48. The van der Waals surface area contributed by atoms with E-state index in [9.17, 15) is 0 Å². The summed E-state index contributed by atoms with van der Waals surface area (Å²) in [5, 5.41) is 4.28. The van der Waals surface area contributed by atoms with Gasteiger partial charge in [0, 0.05) is 22.8 Å². The number of ether oxygens (including phenoxy) is 3. The molecule has 1 aliphatic heterocycles. The van der Waals surface area contributed by atoms with E-state index in [1.807, 2.05) is 36.4 Å². The Balaban J connectivity index is 1.40. The van der Waals surface area contributed by atoms with E-state index in [1.165, 1.54) is 16.7 Å². The Morgan fingerprint density at radius 3 is 2.41 bits per heavy atom. The van der Waals surface area contributed by atoms with Crippen molar-refractivity contribution < 1.29 is 14.2 Å². The Morgan fingerprint density at radius 1 is 0.846 bits per heavy atom. The molecule has 0 radical (unpaired) electrons. The molecule has 0 saturated carbocycles. The second kappa shape index (κ2) is 12.3. The number of rotatable bonds is 10. The van der Waals surface area contributed by atoms with Gasteiger partial charge in [0.15, 0.2) is 0 Å². The van der Waals surface area contributed by atoms with Crippen LogP contribution in [0.25, 0.3) is 0 Å². The first kappa shape index (κ1) is 27.3. The van der Waals surface area contributed by atoms with Crippen LogP contribution in [0.15, 0.2) is 97.1 Å². The average Bonchev–Trinajstić information content (AvgIpc) is 2.92. The Labute approximate surface area is 236 Å². The molecule has 202 valence electrons. The van der Waals surface area contributed by atoms with Crippen molar-refractivity contribution in [2.45, 2.75) is 58.2 Å². The SMILES string of the molecule is Cc1ccccc1CNc1ccc2c(c1)C(OCCc1ccccc1)C(OCc1cccc(Cl)c1)C(C)(C)O2. The van der Waals surface area contributed by atoms with Crippen LogP contribution in [0.4, 0.5) is 5.69 Å². The summed E-state index contributed by atoms with van der Waals surface area (Å²) in [5.74, 6) is 0.828. The molecule has 4 aromatic carbocycles. The van der Waals surface area contributed by atoms with Gasteiger partial charge in [-0.15, -0.1) is 0 Å². The molecule has 0 bridgehead atoms. The molecule has 1 aliphatic rings. The molecule has 0 saturated heterocycles. The summed E-state index contributed by atoms with van der Waals surface area (Å²) < 4.78 is 19.7. The van der Waals surface area contributed by atoms with E-state index in [-0.39, 0.29) is 12.2 Å². The largest absolute Gasteiger partial charge is 0.485 e. The van der Waals surface area contributed by atoms with E-state index in [1.54, 1.807) is 0 Å². The predicted molar refractivity (Wildman–Crippen MR) is 159 cm³/mol. The molecule has 0 spiro atoms. The topological polar surface area (TPSA) is 39.7 Å². The minimum absolute atomic E-state index is 0.299. The molecule has 5 rings (SSSR count). The quantitative estimate of drug-likeness (QED) is 0.219. The van der Waals surface area contributed by atoms with E-state index in [0.717, 1.165) is 35.5 Å². The highest BCUT2D eigenvalue weighted by Crippen LogP contribution is 2.44. The first-order valence-corrected chi connectivity index (χ1v) is 13.9. The molecule has 4 aromatic rings. The van der Waals surface area contributed by atoms with Gasteiger partial charge in [-0.25, -0.2) is 0 Å². The fourth-order valence-corrected chi connectivity index (χ4v) is 5.29.